The standard InChI is InChI=1S/C15H16.C13H12/c1-2-6-13-9-11-15(12-10-13)14-7-4-3-5-8-14;1-11-7-9-13(10-8-11)12-5-3-2-4-6-12/h3-5,7-12H,2,6H2,1H3;2-10H,1H3. The van der Waals surface area contributed by atoms with Gasteiger partial charge in [0.15, 0.2) is 0 Å². The van der Waals surface area contributed by atoms with Crippen molar-refractivity contribution in [2.45, 2.75) is 26.7 Å². The summed E-state index contributed by atoms with van der Waals surface area (Å²) in [6.07, 6.45) is 2.39. The minimum absolute atomic E-state index is 1.18. The molecule has 0 amide bonds. The van der Waals surface area contributed by atoms with E-state index < -0.39 is 0 Å². The molecule has 0 aliphatic rings. The molecule has 0 atom stereocenters. The fraction of sp³-hybridized carbons (Fsp3) is 0.143. The maximum absolute atomic E-state index is 2.23. The first-order chi connectivity index (χ1) is 13.8. The smallest absolute Gasteiger partial charge is 0.0184 e. The molecule has 0 unspecified atom stereocenters. The fourth-order valence-electron chi connectivity index (χ4n) is 3.16. The van der Waals surface area contributed by atoms with Gasteiger partial charge in [-0.2, -0.15) is 0 Å². The van der Waals surface area contributed by atoms with E-state index in [2.05, 4.69) is 117 Å². The second-order valence-corrected chi connectivity index (χ2v) is 7.04. The van der Waals surface area contributed by atoms with Crippen LogP contribution >= 0.6 is 0 Å². The highest BCUT2D eigenvalue weighted by molar-refractivity contribution is 5.64. The van der Waals surface area contributed by atoms with Gasteiger partial charge in [-0.15, -0.1) is 0 Å². The average Bonchev–Trinajstić information content (AvgIpc) is 2.77. The molecule has 0 nitrogen and oxygen atoms in total. The molecule has 0 saturated carbocycles. The maximum atomic E-state index is 2.23. The number of benzene rings is 4. The van der Waals surface area contributed by atoms with Crippen LogP contribution in [0, 0.1) is 6.92 Å². The Labute approximate surface area is 169 Å². The summed E-state index contributed by atoms with van der Waals surface area (Å²) >= 11 is 0. The Hall–Kier alpha value is -3.12. The van der Waals surface area contributed by atoms with E-state index >= 15 is 0 Å². The molecule has 0 aliphatic heterocycles. The van der Waals surface area contributed by atoms with Crippen LogP contribution in [0.4, 0.5) is 0 Å². The van der Waals surface area contributed by atoms with Gasteiger partial charge in [0, 0.05) is 0 Å². The van der Waals surface area contributed by atoms with Gasteiger partial charge in [-0.05, 0) is 41.2 Å². The summed E-state index contributed by atoms with van der Waals surface area (Å²) in [5.74, 6) is 0. The number of aryl methyl sites for hydroxylation is 2. The Balaban J connectivity index is 0.000000162. The molecule has 0 bridgehead atoms. The molecule has 4 rings (SSSR count). The Morgan fingerprint density at radius 1 is 0.464 bits per heavy atom. The Morgan fingerprint density at radius 3 is 1.29 bits per heavy atom. The van der Waals surface area contributed by atoms with Gasteiger partial charge in [-0.3, -0.25) is 0 Å². The van der Waals surface area contributed by atoms with Crippen LogP contribution in [-0.4, -0.2) is 0 Å². The lowest BCUT2D eigenvalue weighted by Crippen LogP contribution is -1.83. The molecule has 0 radical (unpaired) electrons. The summed E-state index contributed by atoms with van der Waals surface area (Å²) in [6.45, 7) is 4.32. The highest BCUT2D eigenvalue weighted by Crippen LogP contribution is 2.20. The van der Waals surface area contributed by atoms with E-state index in [9.17, 15) is 0 Å². The second-order valence-electron chi connectivity index (χ2n) is 7.04. The lowest BCUT2D eigenvalue weighted by atomic mass is 10.0. The molecular formula is C28H28. The van der Waals surface area contributed by atoms with Gasteiger partial charge in [-0.25, -0.2) is 0 Å². The number of hydrogen-bond donors (Lipinski definition) is 0. The summed E-state index contributed by atoms with van der Waals surface area (Å²) in [5.41, 5.74) is 7.89. The van der Waals surface area contributed by atoms with Crippen LogP contribution in [0.15, 0.2) is 109 Å². The van der Waals surface area contributed by atoms with Crippen molar-refractivity contribution in [2.75, 3.05) is 0 Å². The predicted molar refractivity (Wildman–Crippen MR) is 122 cm³/mol. The van der Waals surface area contributed by atoms with E-state index in [1.54, 1.807) is 0 Å². The van der Waals surface area contributed by atoms with Crippen LogP contribution in [0.2, 0.25) is 0 Å². The van der Waals surface area contributed by atoms with Crippen molar-refractivity contribution in [3.05, 3.63) is 120 Å². The van der Waals surface area contributed by atoms with E-state index in [0.29, 0.717) is 0 Å². The molecule has 0 fully saturated rings. The molecule has 0 saturated heterocycles. The Kier molecular flexibility index (Phi) is 7.21. The molecule has 0 heteroatoms. The van der Waals surface area contributed by atoms with E-state index in [-0.39, 0.29) is 0 Å². The first kappa shape index (κ1) is 19.6. The highest BCUT2D eigenvalue weighted by Gasteiger charge is 1.96. The monoisotopic (exact) mass is 364 g/mol. The zero-order chi connectivity index (χ0) is 19.6. The number of rotatable bonds is 4. The summed E-state index contributed by atoms with van der Waals surface area (Å²) in [6, 6.07) is 38.4. The summed E-state index contributed by atoms with van der Waals surface area (Å²) in [4.78, 5) is 0. The molecule has 28 heavy (non-hydrogen) atoms. The molecule has 0 aliphatic carbocycles. The summed E-state index contributed by atoms with van der Waals surface area (Å²) < 4.78 is 0. The minimum Gasteiger partial charge on any atom is -0.0651 e. The zero-order valence-electron chi connectivity index (χ0n) is 16.8. The lowest BCUT2D eigenvalue weighted by molar-refractivity contribution is 0.922. The Bertz CT molecular complexity index is 934. The quantitative estimate of drug-likeness (QED) is 0.344. The predicted octanol–water partition coefficient (Wildman–Crippen LogP) is 7.97. The van der Waals surface area contributed by atoms with Gasteiger partial charge in [0.2, 0.25) is 0 Å². The van der Waals surface area contributed by atoms with Gasteiger partial charge in [0.1, 0.15) is 0 Å². The highest BCUT2D eigenvalue weighted by atomic mass is 14.0. The topological polar surface area (TPSA) is 0 Å². The molecule has 0 N–H and O–H groups in total. The third-order valence-electron chi connectivity index (χ3n) is 4.76. The van der Waals surface area contributed by atoms with Gasteiger partial charge in [0.05, 0.1) is 0 Å². The van der Waals surface area contributed by atoms with Crippen LogP contribution in [0.1, 0.15) is 24.5 Å². The fourth-order valence-corrected chi connectivity index (χ4v) is 3.16. The van der Waals surface area contributed by atoms with Gasteiger partial charge >= 0.3 is 0 Å². The molecule has 0 heterocycles. The minimum atomic E-state index is 1.18. The van der Waals surface area contributed by atoms with E-state index in [0.717, 1.165) is 0 Å². The van der Waals surface area contributed by atoms with Crippen molar-refractivity contribution in [2.24, 2.45) is 0 Å². The van der Waals surface area contributed by atoms with E-state index in [4.69, 9.17) is 0 Å². The van der Waals surface area contributed by atoms with Gasteiger partial charge in [-0.1, -0.05) is 128 Å². The van der Waals surface area contributed by atoms with Crippen molar-refractivity contribution < 1.29 is 0 Å². The van der Waals surface area contributed by atoms with Crippen molar-refractivity contribution in [3.63, 3.8) is 0 Å². The molecule has 140 valence electrons. The molecule has 4 aromatic rings. The largest absolute Gasteiger partial charge is 0.0651 e. The van der Waals surface area contributed by atoms with Crippen LogP contribution in [-0.2, 0) is 6.42 Å². The van der Waals surface area contributed by atoms with Gasteiger partial charge < -0.3 is 0 Å². The molecule has 0 spiro atoms. The molecule has 4 aromatic carbocycles. The maximum Gasteiger partial charge on any atom is -0.0184 e. The summed E-state index contributed by atoms with van der Waals surface area (Å²) in [7, 11) is 0. The van der Waals surface area contributed by atoms with Crippen LogP contribution in [0.3, 0.4) is 0 Å². The third-order valence-corrected chi connectivity index (χ3v) is 4.76. The second kappa shape index (κ2) is 10.3. The lowest BCUT2D eigenvalue weighted by Gasteiger charge is -2.03. The van der Waals surface area contributed by atoms with Crippen molar-refractivity contribution in [1.29, 1.82) is 0 Å². The molecule has 0 aromatic heterocycles. The van der Waals surface area contributed by atoms with Crippen LogP contribution in [0.25, 0.3) is 22.3 Å². The van der Waals surface area contributed by atoms with E-state index in [1.165, 1.54) is 46.2 Å². The molecular weight excluding hydrogens is 336 g/mol. The van der Waals surface area contributed by atoms with Crippen molar-refractivity contribution in [1.82, 2.24) is 0 Å². The average molecular weight is 365 g/mol. The van der Waals surface area contributed by atoms with Crippen LogP contribution < -0.4 is 0 Å². The first-order valence-electron chi connectivity index (χ1n) is 10.0. The Morgan fingerprint density at radius 2 is 0.857 bits per heavy atom. The SMILES string of the molecule is CCCc1ccc(-c2ccccc2)cc1.Cc1ccc(-c2ccccc2)cc1. The third kappa shape index (κ3) is 5.69. The van der Waals surface area contributed by atoms with Crippen molar-refractivity contribution >= 4 is 0 Å². The van der Waals surface area contributed by atoms with E-state index in [1.807, 2.05) is 6.07 Å². The zero-order valence-corrected chi connectivity index (χ0v) is 16.8. The first-order valence-corrected chi connectivity index (χ1v) is 10.0. The summed E-state index contributed by atoms with van der Waals surface area (Å²) in [5, 5.41) is 0. The normalized spacial score (nSPS) is 10.1. The number of hydrogen-bond acceptors (Lipinski definition) is 0. The van der Waals surface area contributed by atoms with Crippen LogP contribution in [0.5, 0.6) is 0 Å². The van der Waals surface area contributed by atoms with Gasteiger partial charge in [0.25, 0.3) is 0 Å². The van der Waals surface area contributed by atoms with Crippen molar-refractivity contribution in [3.8, 4) is 22.3 Å².